The van der Waals surface area contributed by atoms with Crippen LogP contribution in [-0.4, -0.2) is 43.4 Å². The Labute approximate surface area is 148 Å². The van der Waals surface area contributed by atoms with Crippen LogP contribution in [0, 0.1) is 0 Å². The highest BCUT2D eigenvalue weighted by atomic mass is 32.2. The third-order valence-corrected chi connectivity index (χ3v) is 5.34. The van der Waals surface area contributed by atoms with Crippen molar-refractivity contribution < 1.29 is 9.53 Å². The average molecular weight is 341 g/mol. The molecule has 126 valence electrons. The summed E-state index contributed by atoms with van der Waals surface area (Å²) in [5.41, 5.74) is 3.10. The summed E-state index contributed by atoms with van der Waals surface area (Å²) in [6.45, 7) is 1.50. The van der Waals surface area contributed by atoms with Crippen LogP contribution in [0.3, 0.4) is 0 Å². The number of likely N-dealkylation sites (tertiary alicyclic amines) is 1. The summed E-state index contributed by atoms with van der Waals surface area (Å²) in [5, 5.41) is 0. The monoisotopic (exact) mass is 341 g/mol. The quantitative estimate of drug-likeness (QED) is 0.776. The van der Waals surface area contributed by atoms with Crippen molar-refractivity contribution in [2.45, 2.75) is 23.8 Å². The number of piperidine rings is 1. The maximum Gasteiger partial charge on any atom is 0.253 e. The van der Waals surface area contributed by atoms with E-state index in [0.29, 0.717) is 6.54 Å². The third-order valence-electron chi connectivity index (χ3n) is 4.55. The van der Waals surface area contributed by atoms with E-state index in [2.05, 4.69) is 24.5 Å². The topological polar surface area (TPSA) is 29.5 Å². The van der Waals surface area contributed by atoms with E-state index in [1.807, 2.05) is 35.2 Å². The number of hydrogen-bond acceptors (Lipinski definition) is 3. The normalized spacial score (nSPS) is 17.8. The molecular formula is C20H23NO2S. The molecule has 0 aromatic heterocycles. The van der Waals surface area contributed by atoms with Crippen molar-refractivity contribution in [3.63, 3.8) is 0 Å². The van der Waals surface area contributed by atoms with Gasteiger partial charge in [-0.25, -0.2) is 0 Å². The van der Waals surface area contributed by atoms with Gasteiger partial charge in [0.05, 0.1) is 6.10 Å². The van der Waals surface area contributed by atoms with Gasteiger partial charge in [-0.05, 0) is 48.4 Å². The molecule has 2 aromatic rings. The van der Waals surface area contributed by atoms with E-state index < -0.39 is 0 Å². The summed E-state index contributed by atoms with van der Waals surface area (Å²) in [7, 11) is 1.72. The van der Waals surface area contributed by atoms with Crippen LogP contribution in [0.1, 0.15) is 23.2 Å². The molecule has 0 bridgehead atoms. The minimum atomic E-state index is 0.0986. The molecule has 1 fully saturated rings. The van der Waals surface area contributed by atoms with Crippen LogP contribution in [0.15, 0.2) is 53.4 Å². The van der Waals surface area contributed by atoms with Gasteiger partial charge in [0, 0.05) is 30.7 Å². The van der Waals surface area contributed by atoms with Gasteiger partial charge in [-0.3, -0.25) is 4.79 Å². The number of nitrogens with zero attached hydrogens (tertiary/aromatic N) is 1. The molecule has 2 aromatic carbocycles. The molecule has 0 radical (unpaired) electrons. The summed E-state index contributed by atoms with van der Waals surface area (Å²) in [6.07, 6.45) is 4.28. The predicted molar refractivity (Wildman–Crippen MR) is 99.6 cm³/mol. The molecular weight excluding hydrogens is 318 g/mol. The maximum absolute atomic E-state index is 12.7. The second-order valence-corrected chi connectivity index (χ2v) is 6.88. The number of methoxy groups -OCH3 is 1. The highest BCUT2D eigenvalue weighted by molar-refractivity contribution is 7.98. The van der Waals surface area contributed by atoms with Crippen molar-refractivity contribution in [1.82, 2.24) is 4.90 Å². The largest absolute Gasteiger partial charge is 0.380 e. The summed E-state index contributed by atoms with van der Waals surface area (Å²) in [5.74, 6) is 0.0986. The molecule has 0 aliphatic carbocycles. The first-order valence-corrected chi connectivity index (χ1v) is 9.51. The molecule has 1 unspecified atom stereocenters. The Balaban J connectivity index is 1.78. The van der Waals surface area contributed by atoms with Crippen LogP contribution in [0.5, 0.6) is 0 Å². The number of amides is 1. The highest BCUT2D eigenvalue weighted by Crippen LogP contribution is 2.30. The first kappa shape index (κ1) is 17.1. The Morgan fingerprint density at radius 1 is 1.17 bits per heavy atom. The van der Waals surface area contributed by atoms with Gasteiger partial charge in [-0.2, -0.15) is 0 Å². The van der Waals surface area contributed by atoms with Crippen molar-refractivity contribution >= 4 is 17.7 Å². The van der Waals surface area contributed by atoms with Crippen molar-refractivity contribution in [3.8, 4) is 11.1 Å². The van der Waals surface area contributed by atoms with Crippen molar-refractivity contribution in [1.29, 1.82) is 0 Å². The zero-order valence-electron chi connectivity index (χ0n) is 14.2. The van der Waals surface area contributed by atoms with Gasteiger partial charge in [-0.1, -0.05) is 30.3 Å². The van der Waals surface area contributed by atoms with Gasteiger partial charge in [-0.15, -0.1) is 11.8 Å². The lowest BCUT2D eigenvalue weighted by Crippen LogP contribution is -2.42. The number of carbonyl (C=O) groups is 1. The van der Waals surface area contributed by atoms with E-state index in [-0.39, 0.29) is 12.0 Å². The molecule has 4 heteroatoms. The van der Waals surface area contributed by atoms with Crippen molar-refractivity contribution in [2.75, 3.05) is 26.5 Å². The fourth-order valence-electron chi connectivity index (χ4n) is 3.17. The SMILES string of the molecule is COC1CCCN(C(=O)c2ccc(-c3ccccc3SC)cc2)C1. The van der Waals surface area contributed by atoms with Gasteiger partial charge < -0.3 is 9.64 Å². The number of hydrogen-bond donors (Lipinski definition) is 0. The van der Waals surface area contributed by atoms with Crippen LogP contribution < -0.4 is 0 Å². The Bertz CT molecular complexity index is 699. The number of thioether (sulfide) groups is 1. The van der Waals surface area contributed by atoms with Gasteiger partial charge in [0.1, 0.15) is 0 Å². The van der Waals surface area contributed by atoms with Gasteiger partial charge in [0.25, 0.3) is 5.91 Å². The minimum absolute atomic E-state index is 0.0986. The molecule has 0 spiro atoms. The summed E-state index contributed by atoms with van der Waals surface area (Å²) >= 11 is 1.74. The first-order chi connectivity index (χ1) is 11.7. The molecule has 3 rings (SSSR count). The molecule has 1 atom stereocenters. The Kier molecular flexibility index (Phi) is 5.59. The first-order valence-electron chi connectivity index (χ1n) is 8.28. The Morgan fingerprint density at radius 3 is 2.62 bits per heavy atom. The molecule has 24 heavy (non-hydrogen) atoms. The highest BCUT2D eigenvalue weighted by Gasteiger charge is 2.24. The Morgan fingerprint density at radius 2 is 1.92 bits per heavy atom. The lowest BCUT2D eigenvalue weighted by molar-refractivity contribution is 0.0269. The lowest BCUT2D eigenvalue weighted by Gasteiger charge is -2.32. The molecule has 1 heterocycles. The summed E-state index contributed by atoms with van der Waals surface area (Å²) in [4.78, 5) is 15.8. The van der Waals surface area contributed by atoms with Crippen LogP contribution in [0.25, 0.3) is 11.1 Å². The molecule has 1 aliphatic heterocycles. The molecule has 3 nitrogen and oxygen atoms in total. The molecule has 0 N–H and O–H groups in total. The molecule has 1 amide bonds. The van der Waals surface area contributed by atoms with Gasteiger partial charge >= 0.3 is 0 Å². The second kappa shape index (κ2) is 7.86. The minimum Gasteiger partial charge on any atom is -0.380 e. The predicted octanol–water partition coefficient (Wildman–Crippen LogP) is 4.33. The standard InChI is InChI=1S/C20H23NO2S/c1-23-17-6-5-13-21(14-17)20(22)16-11-9-15(10-12-16)18-7-3-4-8-19(18)24-2/h3-4,7-12,17H,5-6,13-14H2,1-2H3. The van der Waals surface area contributed by atoms with E-state index >= 15 is 0 Å². The maximum atomic E-state index is 12.7. The second-order valence-electron chi connectivity index (χ2n) is 6.03. The van der Waals surface area contributed by atoms with Gasteiger partial charge in [0.15, 0.2) is 0 Å². The number of rotatable bonds is 4. The van der Waals surface area contributed by atoms with E-state index in [0.717, 1.165) is 30.5 Å². The summed E-state index contributed by atoms with van der Waals surface area (Å²) < 4.78 is 5.41. The van der Waals surface area contributed by atoms with Gasteiger partial charge in [0.2, 0.25) is 0 Å². The van der Waals surface area contributed by atoms with E-state index in [9.17, 15) is 4.79 Å². The fourth-order valence-corrected chi connectivity index (χ4v) is 3.79. The smallest absolute Gasteiger partial charge is 0.253 e. The van der Waals surface area contributed by atoms with E-state index in [1.54, 1.807) is 18.9 Å². The van der Waals surface area contributed by atoms with Crippen LogP contribution >= 0.6 is 11.8 Å². The van der Waals surface area contributed by atoms with Crippen molar-refractivity contribution in [3.05, 3.63) is 54.1 Å². The van der Waals surface area contributed by atoms with Crippen LogP contribution in [-0.2, 0) is 4.74 Å². The fraction of sp³-hybridized carbons (Fsp3) is 0.350. The number of ether oxygens (including phenoxy) is 1. The number of benzene rings is 2. The lowest BCUT2D eigenvalue weighted by atomic mass is 10.0. The molecule has 1 saturated heterocycles. The molecule has 0 saturated carbocycles. The Hall–Kier alpha value is -1.78. The van der Waals surface area contributed by atoms with Crippen LogP contribution in [0.4, 0.5) is 0 Å². The van der Waals surface area contributed by atoms with E-state index in [4.69, 9.17) is 4.74 Å². The number of carbonyl (C=O) groups excluding carboxylic acids is 1. The molecule has 1 aliphatic rings. The third kappa shape index (κ3) is 3.65. The summed E-state index contributed by atoms with van der Waals surface area (Å²) in [6, 6.07) is 16.3. The zero-order chi connectivity index (χ0) is 16.9. The zero-order valence-corrected chi connectivity index (χ0v) is 15.0. The van der Waals surface area contributed by atoms with Crippen LogP contribution in [0.2, 0.25) is 0 Å². The van der Waals surface area contributed by atoms with E-state index in [1.165, 1.54) is 10.5 Å². The average Bonchev–Trinajstić information content (AvgIpc) is 2.67. The van der Waals surface area contributed by atoms with Crippen molar-refractivity contribution in [2.24, 2.45) is 0 Å².